The first-order valence-corrected chi connectivity index (χ1v) is 12.1. The number of hydrogen-bond acceptors (Lipinski definition) is 5. The molecule has 32 heavy (non-hydrogen) atoms. The molecular weight excluding hydrogens is 402 g/mol. The van der Waals surface area contributed by atoms with E-state index in [4.69, 9.17) is 18.9 Å². The number of likely N-dealkylation sites (tertiary alicyclic amines) is 1. The highest BCUT2D eigenvalue weighted by Gasteiger charge is 2.33. The number of unbranched alkanes of at least 4 members (excludes halogenated alkanes) is 1. The second kappa shape index (κ2) is 10.5. The van der Waals surface area contributed by atoms with Crippen molar-refractivity contribution in [3.8, 4) is 23.0 Å². The lowest BCUT2D eigenvalue weighted by molar-refractivity contribution is 0.171. The fourth-order valence-corrected chi connectivity index (χ4v) is 5.06. The van der Waals surface area contributed by atoms with Gasteiger partial charge >= 0.3 is 0 Å². The van der Waals surface area contributed by atoms with E-state index in [9.17, 15) is 0 Å². The number of ether oxygens (including phenoxy) is 4. The predicted octanol–water partition coefficient (Wildman–Crippen LogP) is 5.72. The van der Waals surface area contributed by atoms with Gasteiger partial charge in [0.05, 0.1) is 13.7 Å². The molecule has 0 radical (unpaired) electrons. The summed E-state index contributed by atoms with van der Waals surface area (Å²) in [4.78, 5) is 2.62. The lowest BCUT2D eigenvalue weighted by Crippen LogP contribution is -2.29. The van der Waals surface area contributed by atoms with E-state index < -0.39 is 0 Å². The molecule has 0 amide bonds. The van der Waals surface area contributed by atoms with Crippen molar-refractivity contribution < 1.29 is 18.9 Å². The van der Waals surface area contributed by atoms with E-state index in [0.29, 0.717) is 12.0 Å². The van der Waals surface area contributed by atoms with E-state index in [1.807, 2.05) is 0 Å². The predicted molar refractivity (Wildman–Crippen MR) is 127 cm³/mol. The van der Waals surface area contributed by atoms with Gasteiger partial charge in [-0.05, 0) is 73.9 Å². The van der Waals surface area contributed by atoms with Crippen LogP contribution < -0.4 is 18.9 Å². The van der Waals surface area contributed by atoms with E-state index in [1.165, 1.54) is 16.7 Å². The van der Waals surface area contributed by atoms with Crippen molar-refractivity contribution in [3.63, 3.8) is 0 Å². The van der Waals surface area contributed by atoms with Crippen LogP contribution in [0.4, 0.5) is 0 Å². The second-order valence-corrected chi connectivity index (χ2v) is 8.93. The normalized spacial score (nSPS) is 20.0. The number of hydrogen-bond donors (Lipinski definition) is 0. The molecule has 2 atom stereocenters. The first kappa shape index (κ1) is 22.8. The molecule has 4 rings (SSSR count). The molecule has 0 aliphatic carbocycles. The van der Waals surface area contributed by atoms with Crippen LogP contribution in [0, 0.1) is 6.92 Å². The van der Waals surface area contributed by atoms with Crippen molar-refractivity contribution in [1.29, 1.82) is 0 Å². The third-order valence-corrected chi connectivity index (χ3v) is 6.87. The summed E-state index contributed by atoms with van der Waals surface area (Å²) in [6, 6.07) is 11.4. The fraction of sp³-hybridized carbons (Fsp3) is 0.556. The monoisotopic (exact) mass is 439 g/mol. The van der Waals surface area contributed by atoms with E-state index in [2.05, 4.69) is 56.0 Å². The van der Waals surface area contributed by atoms with Gasteiger partial charge in [-0.1, -0.05) is 38.5 Å². The Hall–Kier alpha value is -2.40. The molecule has 0 aromatic heterocycles. The number of rotatable bonds is 10. The van der Waals surface area contributed by atoms with Gasteiger partial charge < -0.3 is 23.8 Å². The second-order valence-electron chi connectivity index (χ2n) is 8.93. The molecule has 0 bridgehead atoms. The molecule has 2 unspecified atom stereocenters. The molecule has 5 heteroatoms. The molecule has 2 heterocycles. The number of methoxy groups -OCH3 is 1. The first-order chi connectivity index (χ1) is 15.6. The summed E-state index contributed by atoms with van der Waals surface area (Å²) in [6.07, 6.45) is 5.58. The molecule has 2 aliphatic rings. The van der Waals surface area contributed by atoms with Crippen LogP contribution in [0.5, 0.6) is 23.0 Å². The van der Waals surface area contributed by atoms with Gasteiger partial charge in [0, 0.05) is 12.6 Å². The van der Waals surface area contributed by atoms with Crippen LogP contribution in [0.1, 0.15) is 62.1 Å². The van der Waals surface area contributed by atoms with Crippen molar-refractivity contribution >= 4 is 0 Å². The quantitative estimate of drug-likeness (QED) is 0.443. The summed E-state index contributed by atoms with van der Waals surface area (Å²) in [7, 11) is 1.69. The number of benzene rings is 2. The van der Waals surface area contributed by atoms with Gasteiger partial charge in [0.15, 0.2) is 11.5 Å². The Morgan fingerprint density at radius 3 is 2.81 bits per heavy atom. The average molecular weight is 440 g/mol. The molecule has 2 aliphatic heterocycles. The topological polar surface area (TPSA) is 40.2 Å². The average Bonchev–Trinajstić information content (AvgIpc) is 3.45. The van der Waals surface area contributed by atoms with Crippen molar-refractivity contribution in [2.24, 2.45) is 0 Å². The standard InChI is InChI=1S/C27H37NO4/c1-5-7-13-30-26-19(3)9-8-10-20(26)11-12-23-14-22(17-28(23)6-2)21-15-24(29-4)27-25(16-21)31-18-32-27/h8-10,15-16,22-23H,5-7,11-14,17-18H2,1-4H3. The third kappa shape index (κ3) is 4.83. The minimum atomic E-state index is 0.267. The Morgan fingerprint density at radius 1 is 1.16 bits per heavy atom. The molecular formula is C27H37NO4. The summed E-state index contributed by atoms with van der Waals surface area (Å²) in [6.45, 7) is 9.82. The van der Waals surface area contributed by atoms with Crippen LogP contribution in [-0.4, -0.2) is 44.5 Å². The number of nitrogens with zero attached hydrogens (tertiary/aromatic N) is 1. The summed E-state index contributed by atoms with van der Waals surface area (Å²) < 4.78 is 23.0. The van der Waals surface area contributed by atoms with E-state index in [1.54, 1.807) is 7.11 Å². The van der Waals surface area contributed by atoms with Crippen molar-refractivity contribution in [2.75, 3.05) is 33.6 Å². The molecule has 0 N–H and O–H groups in total. The zero-order valence-electron chi connectivity index (χ0n) is 20.0. The Labute approximate surface area is 192 Å². The molecule has 1 fully saturated rings. The van der Waals surface area contributed by atoms with Crippen LogP contribution in [0.2, 0.25) is 0 Å². The molecule has 0 spiro atoms. The minimum Gasteiger partial charge on any atom is -0.493 e. The van der Waals surface area contributed by atoms with Crippen molar-refractivity contribution in [2.45, 2.75) is 64.8 Å². The Balaban J connectivity index is 1.45. The van der Waals surface area contributed by atoms with Gasteiger partial charge in [0.1, 0.15) is 5.75 Å². The molecule has 5 nitrogen and oxygen atoms in total. The Kier molecular flexibility index (Phi) is 7.46. The van der Waals surface area contributed by atoms with Crippen molar-refractivity contribution in [1.82, 2.24) is 4.90 Å². The van der Waals surface area contributed by atoms with Gasteiger partial charge in [-0.25, -0.2) is 0 Å². The van der Waals surface area contributed by atoms with Crippen LogP contribution in [0.25, 0.3) is 0 Å². The number of para-hydroxylation sites is 1. The number of aryl methyl sites for hydroxylation is 2. The lowest BCUT2D eigenvalue weighted by Gasteiger charge is -2.23. The van der Waals surface area contributed by atoms with E-state index in [0.717, 1.165) is 74.8 Å². The maximum absolute atomic E-state index is 6.18. The van der Waals surface area contributed by atoms with Crippen molar-refractivity contribution in [3.05, 3.63) is 47.0 Å². The van der Waals surface area contributed by atoms with Gasteiger partial charge in [0.25, 0.3) is 0 Å². The summed E-state index contributed by atoms with van der Waals surface area (Å²) in [5.74, 6) is 3.88. The Bertz CT molecular complexity index is 913. The van der Waals surface area contributed by atoms with Crippen LogP contribution in [-0.2, 0) is 6.42 Å². The van der Waals surface area contributed by atoms with Gasteiger partial charge in [-0.15, -0.1) is 0 Å². The molecule has 2 aromatic carbocycles. The summed E-state index contributed by atoms with van der Waals surface area (Å²) in [5.41, 5.74) is 3.86. The highest BCUT2D eigenvalue weighted by Crippen LogP contribution is 2.45. The molecule has 2 aromatic rings. The zero-order chi connectivity index (χ0) is 22.5. The third-order valence-electron chi connectivity index (χ3n) is 6.87. The van der Waals surface area contributed by atoms with Crippen LogP contribution in [0.3, 0.4) is 0 Å². The maximum atomic E-state index is 6.18. The van der Waals surface area contributed by atoms with E-state index >= 15 is 0 Å². The zero-order valence-corrected chi connectivity index (χ0v) is 20.0. The lowest BCUT2D eigenvalue weighted by atomic mass is 9.93. The number of likely N-dealkylation sites (N-methyl/N-ethyl adjacent to an activating group) is 1. The van der Waals surface area contributed by atoms with Crippen LogP contribution in [0.15, 0.2) is 30.3 Å². The minimum absolute atomic E-state index is 0.267. The number of fused-ring (bicyclic) bond motifs is 1. The maximum Gasteiger partial charge on any atom is 0.231 e. The largest absolute Gasteiger partial charge is 0.493 e. The fourth-order valence-electron chi connectivity index (χ4n) is 5.06. The Morgan fingerprint density at radius 2 is 2.03 bits per heavy atom. The SMILES string of the molecule is CCCCOc1c(C)cccc1CCC1CC(c2cc(OC)c3c(c2)OCO3)CN1CC. The van der Waals surface area contributed by atoms with E-state index in [-0.39, 0.29) is 6.79 Å². The highest BCUT2D eigenvalue weighted by molar-refractivity contribution is 5.56. The van der Waals surface area contributed by atoms with Gasteiger partial charge in [-0.3, -0.25) is 0 Å². The molecule has 174 valence electrons. The van der Waals surface area contributed by atoms with Gasteiger partial charge in [-0.2, -0.15) is 0 Å². The summed E-state index contributed by atoms with van der Waals surface area (Å²) >= 11 is 0. The van der Waals surface area contributed by atoms with Gasteiger partial charge in [0.2, 0.25) is 12.5 Å². The summed E-state index contributed by atoms with van der Waals surface area (Å²) in [5, 5.41) is 0. The highest BCUT2D eigenvalue weighted by atomic mass is 16.7. The first-order valence-electron chi connectivity index (χ1n) is 12.1. The molecule has 0 saturated carbocycles. The van der Waals surface area contributed by atoms with Crippen LogP contribution >= 0.6 is 0 Å². The smallest absolute Gasteiger partial charge is 0.231 e. The molecule has 1 saturated heterocycles.